The molecule has 156 valence electrons. The highest BCUT2D eigenvalue weighted by Crippen LogP contribution is 2.27. The van der Waals surface area contributed by atoms with Crippen LogP contribution in [0.15, 0.2) is 53.4 Å². The van der Waals surface area contributed by atoms with Crippen molar-refractivity contribution in [3.8, 4) is 10.6 Å². The van der Waals surface area contributed by atoms with Gasteiger partial charge in [0.25, 0.3) is 5.91 Å². The maximum Gasteiger partial charge on any atom is 0.257 e. The number of amides is 1. The Kier molecular flexibility index (Phi) is 5.91. The summed E-state index contributed by atoms with van der Waals surface area (Å²) >= 11 is 1.28. The summed E-state index contributed by atoms with van der Waals surface area (Å²) in [6.45, 7) is 3.41. The summed E-state index contributed by atoms with van der Waals surface area (Å²) in [5.74, 6) is -0.378. The van der Waals surface area contributed by atoms with E-state index < -0.39 is 10.0 Å². The van der Waals surface area contributed by atoms with Gasteiger partial charge in [0, 0.05) is 24.2 Å². The number of benzene rings is 2. The lowest BCUT2D eigenvalue weighted by Crippen LogP contribution is -2.40. The monoisotopic (exact) mass is 444 g/mol. The number of aryl methyl sites for hydroxylation is 1. The fourth-order valence-corrected chi connectivity index (χ4v) is 5.20. The van der Waals surface area contributed by atoms with E-state index in [9.17, 15) is 13.2 Å². The number of hydrogen-bond donors (Lipinski definition) is 1. The molecule has 4 rings (SSSR count). The van der Waals surface area contributed by atoms with Crippen LogP contribution in [0, 0.1) is 6.92 Å². The summed E-state index contributed by atoms with van der Waals surface area (Å²) in [6.07, 6.45) is 0. The molecular formula is C20H20N4O4S2. The van der Waals surface area contributed by atoms with Gasteiger partial charge in [-0.3, -0.25) is 10.1 Å². The molecule has 8 nitrogen and oxygen atoms in total. The van der Waals surface area contributed by atoms with Gasteiger partial charge in [-0.15, -0.1) is 10.2 Å². The smallest absolute Gasteiger partial charge is 0.257 e. The third kappa shape index (κ3) is 4.41. The lowest BCUT2D eigenvalue weighted by atomic mass is 10.1. The van der Waals surface area contributed by atoms with Crippen LogP contribution in [-0.2, 0) is 14.8 Å². The van der Waals surface area contributed by atoms with Gasteiger partial charge in [-0.2, -0.15) is 4.31 Å². The Morgan fingerprint density at radius 2 is 1.83 bits per heavy atom. The van der Waals surface area contributed by atoms with Crippen LogP contribution in [0.5, 0.6) is 0 Å². The Balaban J connectivity index is 1.45. The number of ether oxygens (including phenoxy) is 1. The van der Waals surface area contributed by atoms with E-state index in [0.29, 0.717) is 42.0 Å². The molecule has 2 aromatic carbocycles. The highest BCUT2D eigenvalue weighted by Gasteiger charge is 2.26. The molecule has 1 fully saturated rings. The molecule has 1 amide bonds. The maximum atomic E-state index is 12.7. The zero-order chi connectivity index (χ0) is 21.1. The highest BCUT2D eigenvalue weighted by atomic mass is 32.2. The maximum absolute atomic E-state index is 12.7. The normalized spacial score (nSPS) is 15.1. The van der Waals surface area contributed by atoms with E-state index >= 15 is 0 Å². The number of anilines is 1. The second kappa shape index (κ2) is 8.60. The van der Waals surface area contributed by atoms with Crippen LogP contribution < -0.4 is 5.32 Å². The molecule has 0 unspecified atom stereocenters. The Labute approximate surface area is 178 Å². The highest BCUT2D eigenvalue weighted by molar-refractivity contribution is 7.89. The molecule has 1 saturated heterocycles. The Morgan fingerprint density at radius 1 is 1.10 bits per heavy atom. The first-order valence-electron chi connectivity index (χ1n) is 9.33. The SMILES string of the molecule is Cc1cccc(-c2nnc(NC(=O)c3ccc(S(=O)(=O)N4CCOCC4)cc3)s2)c1. The summed E-state index contributed by atoms with van der Waals surface area (Å²) < 4.78 is 31.9. The number of aromatic nitrogens is 2. The number of rotatable bonds is 5. The van der Waals surface area contributed by atoms with E-state index in [4.69, 9.17) is 4.74 Å². The molecule has 0 saturated carbocycles. The lowest BCUT2D eigenvalue weighted by molar-refractivity contribution is 0.0730. The molecule has 30 heavy (non-hydrogen) atoms. The molecule has 0 aliphatic carbocycles. The predicted octanol–water partition coefficient (Wildman–Crippen LogP) is 2.79. The summed E-state index contributed by atoms with van der Waals surface area (Å²) in [5.41, 5.74) is 2.38. The van der Waals surface area contributed by atoms with Crippen molar-refractivity contribution in [2.45, 2.75) is 11.8 Å². The van der Waals surface area contributed by atoms with Crippen LogP contribution in [-0.4, -0.2) is 55.1 Å². The molecule has 10 heteroatoms. The molecule has 2 heterocycles. The van der Waals surface area contributed by atoms with E-state index in [2.05, 4.69) is 15.5 Å². The zero-order valence-electron chi connectivity index (χ0n) is 16.2. The first-order chi connectivity index (χ1) is 14.4. The largest absolute Gasteiger partial charge is 0.379 e. The topological polar surface area (TPSA) is 101 Å². The number of sulfonamides is 1. The van der Waals surface area contributed by atoms with Gasteiger partial charge in [0.1, 0.15) is 5.01 Å². The fraction of sp³-hybridized carbons (Fsp3) is 0.250. The lowest BCUT2D eigenvalue weighted by Gasteiger charge is -2.26. The van der Waals surface area contributed by atoms with Crippen LogP contribution >= 0.6 is 11.3 Å². The second-order valence-corrected chi connectivity index (χ2v) is 9.69. The predicted molar refractivity (Wildman–Crippen MR) is 114 cm³/mol. The van der Waals surface area contributed by atoms with Gasteiger partial charge < -0.3 is 4.74 Å². The average Bonchev–Trinajstić information content (AvgIpc) is 3.23. The number of nitrogens with zero attached hydrogens (tertiary/aromatic N) is 3. The van der Waals surface area contributed by atoms with Crippen molar-refractivity contribution in [1.82, 2.24) is 14.5 Å². The van der Waals surface area contributed by atoms with Crippen LogP contribution in [0.1, 0.15) is 15.9 Å². The standard InChI is InChI=1S/C20H20N4O4S2/c1-14-3-2-4-16(13-14)19-22-23-20(29-19)21-18(25)15-5-7-17(8-6-15)30(26,27)24-9-11-28-12-10-24/h2-8,13H,9-12H2,1H3,(H,21,23,25). The molecule has 0 spiro atoms. The van der Waals surface area contributed by atoms with Gasteiger partial charge >= 0.3 is 0 Å². The third-order valence-corrected chi connectivity index (χ3v) is 7.44. The van der Waals surface area contributed by atoms with Gasteiger partial charge in [0.2, 0.25) is 15.2 Å². The molecule has 1 N–H and O–H groups in total. The van der Waals surface area contributed by atoms with Gasteiger partial charge in [-0.1, -0.05) is 35.1 Å². The molecule has 1 aliphatic heterocycles. The summed E-state index contributed by atoms with van der Waals surface area (Å²) in [7, 11) is -3.59. The van der Waals surface area contributed by atoms with E-state index in [0.717, 1.165) is 11.1 Å². The van der Waals surface area contributed by atoms with E-state index in [1.807, 2.05) is 31.2 Å². The van der Waals surface area contributed by atoms with Crippen molar-refractivity contribution in [1.29, 1.82) is 0 Å². The summed E-state index contributed by atoms with van der Waals surface area (Å²) in [4.78, 5) is 12.7. The van der Waals surface area contributed by atoms with Crippen LogP contribution in [0.4, 0.5) is 5.13 Å². The third-order valence-electron chi connectivity index (χ3n) is 4.63. The fourth-order valence-electron chi connectivity index (χ4n) is 3.05. The molecule has 0 radical (unpaired) electrons. The zero-order valence-corrected chi connectivity index (χ0v) is 17.9. The second-order valence-electron chi connectivity index (χ2n) is 6.78. The number of carbonyl (C=O) groups is 1. The Bertz CT molecular complexity index is 1150. The van der Waals surface area contributed by atoms with Crippen molar-refractivity contribution < 1.29 is 17.9 Å². The van der Waals surface area contributed by atoms with Gasteiger partial charge in [0.05, 0.1) is 18.1 Å². The molecular weight excluding hydrogens is 424 g/mol. The van der Waals surface area contributed by atoms with Crippen molar-refractivity contribution in [2.24, 2.45) is 0 Å². The van der Waals surface area contributed by atoms with Crippen molar-refractivity contribution in [3.05, 3.63) is 59.7 Å². The minimum atomic E-state index is -3.59. The van der Waals surface area contributed by atoms with Crippen LogP contribution in [0.3, 0.4) is 0 Å². The van der Waals surface area contributed by atoms with Crippen molar-refractivity contribution in [2.75, 3.05) is 31.6 Å². The molecule has 1 aliphatic rings. The van der Waals surface area contributed by atoms with Crippen LogP contribution in [0.25, 0.3) is 10.6 Å². The van der Waals surface area contributed by atoms with E-state index in [-0.39, 0.29) is 10.8 Å². The Morgan fingerprint density at radius 3 is 2.53 bits per heavy atom. The van der Waals surface area contributed by atoms with E-state index in [1.165, 1.54) is 39.9 Å². The summed E-state index contributed by atoms with van der Waals surface area (Å²) in [5, 5.41) is 12.0. The van der Waals surface area contributed by atoms with Crippen LogP contribution in [0.2, 0.25) is 0 Å². The first-order valence-corrected chi connectivity index (χ1v) is 11.6. The van der Waals surface area contributed by atoms with Crippen molar-refractivity contribution in [3.63, 3.8) is 0 Å². The molecule has 1 aromatic heterocycles. The average molecular weight is 445 g/mol. The van der Waals surface area contributed by atoms with Gasteiger partial charge in [0.15, 0.2) is 0 Å². The number of carbonyl (C=O) groups excluding carboxylic acids is 1. The van der Waals surface area contributed by atoms with Gasteiger partial charge in [-0.05, 0) is 37.3 Å². The minimum Gasteiger partial charge on any atom is -0.379 e. The summed E-state index contributed by atoms with van der Waals surface area (Å²) in [6, 6.07) is 13.7. The quantitative estimate of drug-likeness (QED) is 0.649. The number of morpholine rings is 1. The molecule has 3 aromatic rings. The number of nitrogens with one attached hydrogen (secondary N) is 1. The molecule has 0 atom stereocenters. The molecule has 0 bridgehead atoms. The number of hydrogen-bond acceptors (Lipinski definition) is 7. The van der Waals surface area contributed by atoms with E-state index in [1.54, 1.807) is 0 Å². The minimum absolute atomic E-state index is 0.151. The van der Waals surface area contributed by atoms with Gasteiger partial charge in [-0.25, -0.2) is 8.42 Å². The Hall–Kier alpha value is -2.66. The van der Waals surface area contributed by atoms with Crippen molar-refractivity contribution >= 4 is 32.4 Å². The first kappa shape index (κ1) is 20.6.